The van der Waals surface area contributed by atoms with Crippen LogP contribution in [0.2, 0.25) is 0 Å². The van der Waals surface area contributed by atoms with E-state index in [4.69, 9.17) is 9.47 Å². The highest BCUT2D eigenvalue weighted by molar-refractivity contribution is 5.96. The van der Waals surface area contributed by atoms with Gasteiger partial charge in [-0.3, -0.25) is 19.2 Å². The van der Waals surface area contributed by atoms with E-state index in [1.807, 2.05) is 88.4 Å². The Balaban J connectivity index is 1.90. The van der Waals surface area contributed by atoms with Crippen LogP contribution in [0, 0.1) is 17.8 Å². The number of benzene rings is 2. The molecule has 1 saturated heterocycles. The van der Waals surface area contributed by atoms with E-state index in [0.717, 1.165) is 11.1 Å². The molecule has 0 spiro atoms. The summed E-state index contributed by atoms with van der Waals surface area (Å²) in [7, 11) is 4.63. The second-order valence-electron chi connectivity index (χ2n) is 17.1. The topological polar surface area (TPSA) is 146 Å². The number of carbonyl (C=O) groups is 6. The maximum atomic E-state index is 14.7. The summed E-state index contributed by atoms with van der Waals surface area (Å²) in [4.78, 5) is 89.5. The van der Waals surface area contributed by atoms with Crippen LogP contribution in [0.25, 0.3) is 0 Å². The summed E-state index contributed by atoms with van der Waals surface area (Å²) in [6, 6.07) is 13.8. The fourth-order valence-corrected chi connectivity index (χ4v) is 7.33. The number of nitrogens with one attached hydrogen (secondary N) is 1. The molecule has 0 bridgehead atoms. The highest BCUT2D eigenvalue weighted by atomic mass is 16.6. The Morgan fingerprint density at radius 2 is 1.25 bits per heavy atom. The van der Waals surface area contributed by atoms with Crippen molar-refractivity contribution in [2.24, 2.45) is 17.8 Å². The van der Waals surface area contributed by atoms with Gasteiger partial charge in [0.2, 0.25) is 23.6 Å². The number of likely N-dealkylation sites (tertiary alicyclic amines) is 1. The van der Waals surface area contributed by atoms with Gasteiger partial charge in [-0.05, 0) is 62.5 Å². The third-order valence-corrected chi connectivity index (χ3v) is 10.3. The maximum Gasteiger partial charge on any atom is 0.408 e. The highest BCUT2D eigenvalue weighted by Crippen LogP contribution is 2.26. The summed E-state index contributed by atoms with van der Waals surface area (Å²) in [6.45, 7) is 16.5. The molecular weight excluding hydrogens is 727 g/mol. The molecule has 314 valence electrons. The first-order valence-electron chi connectivity index (χ1n) is 20.0. The fraction of sp³-hybridized carbons (Fsp3) is 0.591. The van der Waals surface area contributed by atoms with Crippen molar-refractivity contribution in [2.75, 3.05) is 27.7 Å². The minimum absolute atomic E-state index is 0.0884. The molecule has 1 N–H and O–H groups in total. The lowest BCUT2D eigenvalue weighted by Gasteiger charge is -2.41. The van der Waals surface area contributed by atoms with Gasteiger partial charge in [0, 0.05) is 34.1 Å². The lowest BCUT2D eigenvalue weighted by Crippen LogP contribution is -2.62. The molecule has 13 nitrogen and oxygen atoms in total. The zero-order valence-corrected chi connectivity index (χ0v) is 36.0. The van der Waals surface area contributed by atoms with Gasteiger partial charge < -0.3 is 34.4 Å². The van der Waals surface area contributed by atoms with E-state index >= 15 is 0 Å². The number of carbonyl (C=O) groups excluding carboxylic acids is 6. The first kappa shape index (κ1) is 46.4. The van der Waals surface area contributed by atoms with E-state index in [1.54, 1.807) is 48.7 Å². The predicted molar refractivity (Wildman–Crippen MR) is 218 cm³/mol. The van der Waals surface area contributed by atoms with Crippen molar-refractivity contribution < 1.29 is 38.2 Å². The van der Waals surface area contributed by atoms with Gasteiger partial charge in [0.15, 0.2) is 0 Å². The van der Waals surface area contributed by atoms with E-state index in [9.17, 15) is 28.8 Å². The average Bonchev–Trinajstić information content (AvgIpc) is 3.64. The number of amides is 5. The third-order valence-electron chi connectivity index (χ3n) is 10.3. The largest absolute Gasteiger partial charge is 0.459 e. The third kappa shape index (κ3) is 12.5. The molecule has 5 amide bonds. The van der Waals surface area contributed by atoms with E-state index in [2.05, 4.69) is 5.32 Å². The standard InChI is InChI=1S/C44H65N5O8/c1-28(2)35(45-43(55)57-44(7,8)9)39(51)46(10)34(26-31-20-15-13-16-21-31)38(50)47(11)36(29(3)4)40(52)48(12)37(30(5)6)41(53)49-25-19-24-33(49)42(54)56-27-32-22-17-14-18-23-32/h13-18,20-23,28-30,33-37H,19,24-27H2,1-12H3,(H,45,55)/t33-,34-,35+,36-,37-/m0/s1. The Kier molecular flexibility index (Phi) is 16.7. The summed E-state index contributed by atoms with van der Waals surface area (Å²) < 4.78 is 11.1. The summed E-state index contributed by atoms with van der Waals surface area (Å²) in [6.07, 6.45) is 0.458. The Morgan fingerprint density at radius 1 is 0.719 bits per heavy atom. The lowest BCUT2D eigenvalue weighted by molar-refractivity contribution is -0.159. The quantitative estimate of drug-likeness (QED) is 0.226. The molecule has 0 saturated carbocycles. The fourth-order valence-electron chi connectivity index (χ4n) is 7.33. The van der Waals surface area contributed by atoms with Crippen LogP contribution in [0.4, 0.5) is 4.79 Å². The van der Waals surface area contributed by atoms with Crippen molar-refractivity contribution in [3.8, 4) is 0 Å². The molecule has 0 radical (unpaired) electrons. The molecule has 0 aliphatic carbocycles. The smallest absolute Gasteiger partial charge is 0.408 e. The number of esters is 1. The monoisotopic (exact) mass is 791 g/mol. The van der Waals surface area contributed by atoms with Crippen molar-refractivity contribution >= 4 is 35.7 Å². The Morgan fingerprint density at radius 3 is 1.75 bits per heavy atom. The van der Waals surface area contributed by atoms with Gasteiger partial charge in [-0.1, -0.05) is 102 Å². The molecule has 1 aliphatic rings. The molecule has 1 fully saturated rings. The van der Waals surface area contributed by atoms with Crippen LogP contribution in [0.15, 0.2) is 60.7 Å². The Bertz CT molecular complexity index is 1680. The summed E-state index contributed by atoms with van der Waals surface area (Å²) in [5.74, 6) is -3.34. The average molecular weight is 792 g/mol. The van der Waals surface area contributed by atoms with Crippen LogP contribution in [0.3, 0.4) is 0 Å². The van der Waals surface area contributed by atoms with Crippen molar-refractivity contribution in [3.05, 3.63) is 71.8 Å². The van der Waals surface area contributed by atoms with Gasteiger partial charge in [0.25, 0.3) is 0 Å². The molecule has 5 atom stereocenters. The van der Waals surface area contributed by atoms with Crippen LogP contribution in [-0.4, -0.2) is 119 Å². The molecule has 1 heterocycles. The van der Waals surface area contributed by atoms with Crippen molar-refractivity contribution in [2.45, 2.75) is 124 Å². The second-order valence-corrected chi connectivity index (χ2v) is 17.1. The van der Waals surface area contributed by atoms with Gasteiger partial charge in [-0.15, -0.1) is 0 Å². The second kappa shape index (κ2) is 20.5. The first-order valence-corrected chi connectivity index (χ1v) is 20.0. The van der Waals surface area contributed by atoms with Crippen LogP contribution in [-0.2, 0) is 46.5 Å². The van der Waals surface area contributed by atoms with E-state index in [1.165, 1.54) is 26.6 Å². The Hall–Kier alpha value is -4.94. The van der Waals surface area contributed by atoms with Crippen LogP contribution >= 0.6 is 0 Å². The SMILES string of the molecule is CC(C)[C@@H](C(=O)N1CCC[C@H]1C(=O)OCc1ccccc1)N(C)C(=O)[C@H](C(C)C)N(C)C(=O)[C@H](Cc1ccccc1)N(C)C(=O)[C@H](NC(=O)OC(C)(C)C)C(C)C. The number of alkyl carbamates (subject to hydrolysis) is 1. The minimum atomic E-state index is -1.05. The van der Waals surface area contributed by atoms with Gasteiger partial charge in [-0.2, -0.15) is 0 Å². The van der Waals surface area contributed by atoms with Crippen molar-refractivity contribution in [1.82, 2.24) is 24.9 Å². The van der Waals surface area contributed by atoms with Crippen molar-refractivity contribution in [3.63, 3.8) is 0 Å². The molecule has 2 aromatic rings. The molecule has 13 heteroatoms. The van der Waals surface area contributed by atoms with Gasteiger partial charge in [-0.25, -0.2) is 9.59 Å². The summed E-state index contributed by atoms with van der Waals surface area (Å²) >= 11 is 0. The van der Waals surface area contributed by atoms with E-state index < -0.39 is 65.6 Å². The summed E-state index contributed by atoms with van der Waals surface area (Å²) in [5.41, 5.74) is 0.844. The summed E-state index contributed by atoms with van der Waals surface area (Å²) in [5, 5.41) is 2.69. The number of nitrogens with zero attached hydrogens (tertiary/aromatic N) is 4. The van der Waals surface area contributed by atoms with Crippen LogP contribution in [0.5, 0.6) is 0 Å². The maximum absolute atomic E-state index is 14.7. The number of hydrogen-bond acceptors (Lipinski definition) is 8. The zero-order chi connectivity index (χ0) is 42.8. The van der Waals surface area contributed by atoms with Gasteiger partial charge in [0.05, 0.1) is 0 Å². The molecule has 1 aliphatic heterocycles. The normalized spacial score (nSPS) is 16.4. The van der Waals surface area contributed by atoms with Gasteiger partial charge in [0.1, 0.15) is 42.4 Å². The predicted octanol–water partition coefficient (Wildman–Crippen LogP) is 5.31. The van der Waals surface area contributed by atoms with Crippen LogP contribution in [0.1, 0.15) is 86.3 Å². The highest BCUT2D eigenvalue weighted by Gasteiger charge is 2.45. The molecular formula is C44H65N5O8. The zero-order valence-electron chi connectivity index (χ0n) is 36.0. The van der Waals surface area contributed by atoms with E-state index in [0.29, 0.717) is 19.4 Å². The van der Waals surface area contributed by atoms with E-state index in [-0.39, 0.29) is 36.7 Å². The molecule has 57 heavy (non-hydrogen) atoms. The number of ether oxygens (including phenoxy) is 2. The molecule has 2 aromatic carbocycles. The molecule has 0 aromatic heterocycles. The number of rotatable bonds is 16. The lowest BCUT2D eigenvalue weighted by atomic mass is 9.95. The minimum Gasteiger partial charge on any atom is -0.459 e. The number of likely N-dealkylation sites (N-methyl/N-ethyl adjacent to an activating group) is 3. The number of hydrogen-bond donors (Lipinski definition) is 1. The molecule has 3 rings (SSSR count). The van der Waals surface area contributed by atoms with Crippen LogP contribution < -0.4 is 5.32 Å². The van der Waals surface area contributed by atoms with Crippen molar-refractivity contribution in [1.29, 1.82) is 0 Å². The first-order chi connectivity index (χ1) is 26.7. The molecule has 0 unspecified atom stereocenters. The van der Waals surface area contributed by atoms with Gasteiger partial charge >= 0.3 is 12.1 Å². The Labute approximate surface area is 339 Å².